The number of rotatable bonds is 7. The van der Waals surface area contributed by atoms with Gasteiger partial charge in [-0.05, 0) is 31.9 Å². The second kappa shape index (κ2) is 7.40. The molecule has 1 heterocycles. The molecule has 1 aromatic heterocycles. The van der Waals surface area contributed by atoms with Gasteiger partial charge in [-0.2, -0.15) is 0 Å². The average Bonchev–Trinajstić information content (AvgIpc) is 3.34. The first-order valence-corrected chi connectivity index (χ1v) is 9.15. The summed E-state index contributed by atoms with van der Waals surface area (Å²) in [6, 6.07) is 4.15. The standard InChI is InChI=1S/C15H16ClN5O3S/c1-2-20-14(9-3-4-9)18-19-15(20)25-8-13(22)17-10-5-6-11(16)12(7-10)21(23)24/h5-7,9H,2-4,8H2,1H3,(H,17,22). The molecule has 3 rings (SSSR count). The quantitative estimate of drug-likeness (QED) is 0.447. The maximum atomic E-state index is 12.1. The van der Waals surface area contributed by atoms with Gasteiger partial charge in [0.05, 0.1) is 10.7 Å². The minimum atomic E-state index is -0.587. The number of aromatic nitrogens is 3. The Hall–Kier alpha value is -2.13. The third-order valence-corrected chi connectivity index (χ3v) is 5.05. The molecule has 0 bridgehead atoms. The Labute approximate surface area is 153 Å². The monoisotopic (exact) mass is 381 g/mol. The van der Waals surface area contributed by atoms with Gasteiger partial charge < -0.3 is 9.88 Å². The van der Waals surface area contributed by atoms with Gasteiger partial charge in [-0.15, -0.1) is 10.2 Å². The molecule has 0 aliphatic heterocycles. The summed E-state index contributed by atoms with van der Waals surface area (Å²) < 4.78 is 2.03. The van der Waals surface area contributed by atoms with E-state index in [4.69, 9.17) is 11.6 Å². The van der Waals surface area contributed by atoms with E-state index in [1.54, 1.807) is 0 Å². The summed E-state index contributed by atoms with van der Waals surface area (Å²) in [5, 5.41) is 22.6. The number of carbonyl (C=O) groups is 1. The zero-order valence-corrected chi connectivity index (χ0v) is 15.0. The first-order valence-electron chi connectivity index (χ1n) is 7.79. The lowest BCUT2D eigenvalue weighted by Gasteiger charge is -2.07. The maximum absolute atomic E-state index is 12.1. The van der Waals surface area contributed by atoms with Gasteiger partial charge in [-0.3, -0.25) is 14.9 Å². The number of nitrogens with one attached hydrogen (secondary N) is 1. The molecule has 1 amide bonds. The number of anilines is 1. The van der Waals surface area contributed by atoms with Crippen molar-refractivity contribution in [2.75, 3.05) is 11.1 Å². The molecule has 0 radical (unpaired) electrons. The van der Waals surface area contributed by atoms with Crippen molar-refractivity contribution in [3.8, 4) is 0 Å². The molecular formula is C15H16ClN5O3S. The van der Waals surface area contributed by atoms with Crippen LogP contribution in [0.2, 0.25) is 5.02 Å². The molecule has 1 aliphatic rings. The van der Waals surface area contributed by atoms with Crippen LogP contribution in [-0.4, -0.2) is 31.3 Å². The van der Waals surface area contributed by atoms with Crippen molar-refractivity contribution in [2.24, 2.45) is 0 Å². The van der Waals surface area contributed by atoms with Gasteiger partial charge in [0.1, 0.15) is 10.8 Å². The normalized spacial score (nSPS) is 13.7. The van der Waals surface area contributed by atoms with Gasteiger partial charge in [0, 0.05) is 24.2 Å². The highest BCUT2D eigenvalue weighted by Gasteiger charge is 2.30. The fraction of sp³-hybridized carbons (Fsp3) is 0.400. The first kappa shape index (κ1) is 17.7. The van der Waals surface area contributed by atoms with Gasteiger partial charge in [-0.1, -0.05) is 23.4 Å². The molecule has 0 unspecified atom stereocenters. The predicted octanol–water partition coefficient (Wildman–Crippen LogP) is 3.47. The lowest BCUT2D eigenvalue weighted by molar-refractivity contribution is -0.384. The summed E-state index contributed by atoms with van der Waals surface area (Å²) >= 11 is 7.05. The lowest BCUT2D eigenvalue weighted by Crippen LogP contribution is -2.15. The maximum Gasteiger partial charge on any atom is 0.289 e. The van der Waals surface area contributed by atoms with Gasteiger partial charge >= 0.3 is 0 Å². The van der Waals surface area contributed by atoms with Crippen LogP contribution in [0.3, 0.4) is 0 Å². The smallest absolute Gasteiger partial charge is 0.289 e. The highest BCUT2D eigenvalue weighted by molar-refractivity contribution is 7.99. The van der Waals surface area contributed by atoms with Crippen molar-refractivity contribution in [2.45, 2.75) is 37.4 Å². The molecule has 1 saturated carbocycles. The summed E-state index contributed by atoms with van der Waals surface area (Å²) in [4.78, 5) is 22.4. The van der Waals surface area contributed by atoms with Gasteiger partial charge in [0.25, 0.3) is 5.69 Å². The topological polar surface area (TPSA) is 103 Å². The molecule has 1 aromatic carbocycles. The van der Waals surface area contributed by atoms with Gasteiger partial charge in [0.2, 0.25) is 5.91 Å². The van der Waals surface area contributed by atoms with Crippen molar-refractivity contribution < 1.29 is 9.72 Å². The zero-order chi connectivity index (χ0) is 18.0. The van der Waals surface area contributed by atoms with Gasteiger partial charge in [0.15, 0.2) is 5.16 Å². The molecule has 0 spiro atoms. The van der Waals surface area contributed by atoms with Crippen molar-refractivity contribution >= 4 is 40.6 Å². The van der Waals surface area contributed by atoms with Crippen LogP contribution in [0.1, 0.15) is 31.5 Å². The first-order chi connectivity index (χ1) is 12.0. The van der Waals surface area contributed by atoms with E-state index in [0.717, 1.165) is 25.2 Å². The van der Waals surface area contributed by atoms with Crippen LogP contribution in [0.25, 0.3) is 0 Å². The molecule has 1 N–H and O–H groups in total. The van der Waals surface area contributed by atoms with Gasteiger partial charge in [-0.25, -0.2) is 0 Å². The number of carbonyl (C=O) groups excluding carboxylic acids is 1. The molecule has 1 aliphatic carbocycles. The number of amides is 1. The number of thioether (sulfide) groups is 1. The van der Waals surface area contributed by atoms with Crippen molar-refractivity contribution in [3.05, 3.63) is 39.2 Å². The molecule has 132 valence electrons. The number of nitrogens with zero attached hydrogens (tertiary/aromatic N) is 4. The Morgan fingerprint density at radius 3 is 2.88 bits per heavy atom. The zero-order valence-electron chi connectivity index (χ0n) is 13.4. The highest BCUT2D eigenvalue weighted by atomic mass is 35.5. The molecule has 0 saturated heterocycles. The molecule has 1 fully saturated rings. The largest absolute Gasteiger partial charge is 0.325 e. The number of halogens is 1. The Kier molecular flexibility index (Phi) is 5.24. The van der Waals surface area contributed by atoms with E-state index < -0.39 is 4.92 Å². The third-order valence-electron chi connectivity index (χ3n) is 3.76. The molecular weight excluding hydrogens is 366 g/mol. The fourth-order valence-electron chi connectivity index (χ4n) is 2.41. The molecule has 2 aromatic rings. The average molecular weight is 382 g/mol. The Morgan fingerprint density at radius 1 is 1.48 bits per heavy atom. The summed E-state index contributed by atoms with van der Waals surface area (Å²) in [7, 11) is 0. The van der Waals surface area contributed by atoms with Crippen LogP contribution in [0.5, 0.6) is 0 Å². The van der Waals surface area contributed by atoms with E-state index in [9.17, 15) is 14.9 Å². The van der Waals surface area contributed by atoms with E-state index in [2.05, 4.69) is 15.5 Å². The van der Waals surface area contributed by atoms with Crippen LogP contribution in [0, 0.1) is 10.1 Å². The number of nitro benzene ring substituents is 1. The SMILES string of the molecule is CCn1c(SCC(=O)Nc2ccc(Cl)c([N+](=O)[O-])c2)nnc1C1CC1. The van der Waals surface area contributed by atoms with Crippen LogP contribution >= 0.6 is 23.4 Å². The second-order valence-electron chi connectivity index (χ2n) is 5.62. The minimum Gasteiger partial charge on any atom is -0.325 e. The third kappa shape index (κ3) is 4.10. The van der Waals surface area contributed by atoms with Crippen molar-refractivity contribution in [3.63, 3.8) is 0 Å². The molecule has 0 atom stereocenters. The van der Waals surface area contributed by atoms with Crippen LogP contribution in [0.15, 0.2) is 23.4 Å². The summed E-state index contributed by atoms with van der Waals surface area (Å²) in [6.07, 6.45) is 2.28. The summed E-state index contributed by atoms with van der Waals surface area (Å²) in [5.41, 5.74) is 0.0873. The van der Waals surface area contributed by atoms with E-state index in [0.29, 0.717) is 16.8 Å². The predicted molar refractivity (Wildman–Crippen MR) is 95.1 cm³/mol. The van der Waals surface area contributed by atoms with E-state index >= 15 is 0 Å². The lowest BCUT2D eigenvalue weighted by atomic mass is 10.3. The Bertz CT molecular complexity index is 821. The van der Waals surface area contributed by atoms with E-state index in [1.165, 1.54) is 30.0 Å². The number of hydrogen-bond acceptors (Lipinski definition) is 6. The van der Waals surface area contributed by atoms with Crippen LogP contribution in [0.4, 0.5) is 11.4 Å². The van der Waals surface area contributed by atoms with E-state index in [1.807, 2.05) is 11.5 Å². The van der Waals surface area contributed by atoms with Crippen LogP contribution in [-0.2, 0) is 11.3 Å². The molecule has 10 heteroatoms. The Morgan fingerprint density at radius 2 is 2.24 bits per heavy atom. The highest BCUT2D eigenvalue weighted by Crippen LogP contribution is 2.40. The summed E-state index contributed by atoms with van der Waals surface area (Å²) in [5.74, 6) is 1.34. The van der Waals surface area contributed by atoms with E-state index in [-0.39, 0.29) is 22.4 Å². The number of benzene rings is 1. The van der Waals surface area contributed by atoms with Crippen LogP contribution < -0.4 is 5.32 Å². The summed E-state index contributed by atoms with van der Waals surface area (Å²) in [6.45, 7) is 2.78. The molecule has 25 heavy (non-hydrogen) atoms. The van der Waals surface area contributed by atoms with Crippen molar-refractivity contribution in [1.82, 2.24) is 14.8 Å². The number of hydrogen-bond donors (Lipinski definition) is 1. The van der Waals surface area contributed by atoms with Crippen molar-refractivity contribution in [1.29, 1.82) is 0 Å². The Balaban J connectivity index is 1.62. The molecule has 8 nitrogen and oxygen atoms in total. The fourth-order valence-corrected chi connectivity index (χ4v) is 3.40. The number of nitro groups is 1. The minimum absolute atomic E-state index is 0.0287. The second-order valence-corrected chi connectivity index (χ2v) is 6.97.